The fourth-order valence-corrected chi connectivity index (χ4v) is 1.75. The summed E-state index contributed by atoms with van der Waals surface area (Å²) in [5, 5.41) is 0. The van der Waals surface area contributed by atoms with E-state index < -0.39 is 0 Å². The Hall–Kier alpha value is -2.69. The molecule has 1 aromatic carbocycles. The lowest BCUT2D eigenvalue weighted by Crippen LogP contribution is -1.96. The maximum Gasteiger partial charge on any atom is 0.221 e. The van der Waals surface area contributed by atoms with Gasteiger partial charge in [0.05, 0.1) is 5.69 Å². The number of rotatable bonds is 2. The number of nitrogens with zero attached hydrogens (tertiary/aromatic N) is 3. The van der Waals surface area contributed by atoms with Crippen LogP contribution in [0.3, 0.4) is 0 Å². The van der Waals surface area contributed by atoms with Crippen molar-refractivity contribution < 1.29 is 4.74 Å². The van der Waals surface area contributed by atoms with Gasteiger partial charge in [0.2, 0.25) is 5.88 Å². The van der Waals surface area contributed by atoms with Gasteiger partial charge in [0.1, 0.15) is 5.52 Å². The molecule has 0 aliphatic rings. The highest BCUT2D eigenvalue weighted by molar-refractivity contribution is 5.69. The number of para-hydroxylation sites is 1. The van der Waals surface area contributed by atoms with Crippen molar-refractivity contribution >= 4 is 16.9 Å². The van der Waals surface area contributed by atoms with Gasteiger partial charge in [-0.25, -0.2) is 4.98 Å². The molecular weight excluding hydrogens is 240 g/mol. The Bertz CT molecular complexity index is 742. The molecule has 19 heavy (non-hydrogen) atoms. The second kappa shape index (κ2) is 4.53. The van der Waals surface area contributed by atoms with Crippen molar-refractivity contribution in [3.8, 4) is 11.6 Å². The average molecular weight is 252 g/mol. The summed E-state index contributed by atoms with van der Waals surface area (Å²) >= 11 is 0. The summed E-state index contributed by atoms with van der Waals surface area (Å²) in [5.74, 6) is 1.04. The van der Waals surface area contributed by atoms with Crippen LogP contribution in [0, 0.1) is 6.92 Å². The van der Waals surface area contributed by atoms with Gasteiger partial charge in [-0.05, 0) is 24.6 Å². The van der Waals surface area contributed by atoms with Gasteiger partial charge in [-0.2, -0.15) is 4.98 Å². The van der Waals surface area contributed by atoms with Crippen molar-refractivity contribution in [2.45, 2.75) is 6.92 Å². The van der Waals surface area contributed by atoms with Gasteiger partial charge in [0, 0.05) is 18.5 Å². The maximum absolute atomic E-state index is 5.96. The van der Waals surface area contributed by atoms with Gasteiger partial charge in [0.25, 0.3) is 0 Å². The molecular formula is C14H12N4O. The second-order valence-corrected chi connectivity index (χ2v) is 4.14. The molecule has 0 saturated carbocycles. The number of aromatic nitrogens is 3. The number of hydrogen-bond acceptors (Lipinski definition) is 5. The van der Waals surface area contributed by atoms with Gasteiger partial charge in [0.15, 0.2) is 11.4 Å². The van der Waals surface area contributed by atoms with Crippen molar-refractivity contribution in [1.29, 1.82) is 0 Å². The van der Waals surface area contributed by atoms with E-state index >= 15 is 0 Å². The molecule has 5 heteroatoms. The summed E-state index contributed by atoms with van der Waals surface area (Å²) in [4.78, 5) is 12.6. The molecule has 5 nitrogen and oxygen atoms in total. The SMILES string of the molecule is Cc1cccc(Oc2ccc3nccnc3n2)c1N. The smallest absolute Gasteiger partial charge is 0.221 e. The van der Waals surface area contributed by atoms with Crippen LogP contribution in [0.15, 0.2) is 42.7 Å². The molecule has 2 heterocycles. The number of ether oxygens (including phenoxy) is 1. The number of hydrogen-bond donors (Lipinski definition) is 1. The fraction of sp³-hybridized carbons (Fsp3) is 0.0714. The number of nitrogens with two attached hydrogens (primary N) is 1. The third kappa shape index (κ3) is 2.18. The highest BCUT2D eigenvalue weighted by Gasteiger charge is 2.06. The molecule has 3 rings (SSSR count). The molecule has 0 aliphatic heterocycles. The summed E-state index contributed by atoms with van der Waals surface area (Å²) in [7, 11) is 0. The van der Waals surface area contributed by atoms with Gasteiger partial charge in [-0.3, -0.25) is 4.98 Å². The molecule has 3 aromatic rings. The normalized spacial score (nSPS) is 10.6. The standard InChI is InChI=1S/C14H12N4O/c1-9-3-2-4-11(13(9)15)19-12-6-5-10-14(18-12)17-8-7-16-10/h2-8H,15H2,1H3. The number of pyridine rings is 1. The van der Waals surface area contributed by atoms with E-state index in [0.29, 0.717) is 23.0 Å². The number of aryl methyl sites for hydroxylation is 1. The minimum Gasteiger partial charge on any atom is -0.437 e. The number of anilines is 1. The molecule has 0 radical (unpaired) electrons. The lowest BCUT2D eigenvalue weighted by Gasteiger charge is -2.09. The van der Waals surface area contributed by atoms with Crippen LogP contribution >= 0.6 is 0 Å². The van der Waals surface area contributed by atoms with E-state index in [1.807, 2.05) is 31.2 Å². The first-order chi connectivity index (χ1) is 9.24. The van der Waals surface area contributed by atoms with Crippen LogP contribution in [-0.2, 0) is 0 Å². The summed E-state index contributed by atoms with van der Waals surface area (Å²) < 4.78 is 5.69. The first-order valence-electron chi connectivity index (χ1n) is 5.85. The van der Waals surface area contributed by atoms with Crippen molar-refractivity contribution in [2.24, 2.45) is 0 Å². The van der Waals surface area contributed by atoms with E-state index in [0.717, 1.165) is 11.1 Å². The third-order valence-electron chi connectivity index (χ3n) is 2.80. The topological polar surface area (TPSA) is 73.9 Å². The summed E-state index contributed by atoms with van der Waals surface area (Å²) in [5.41, 5.74) is 8.82. The molecule has 0 bridgehead atoms. The fourth-order valence-electron chi connectivity index (χ4n) is 1.75. The molecule has 0 amide bonds. The summed E-state index contributed by atoms with van der Waals surface area (Å²) in [6.07, 6.45) is 3.23. The van der Waals surface area contributed by atoms with E-state index in [4.69, 9.17) is 10.5 Å². The van der Waals surface area contributed by atoms with Gasteiger partial charge in [-0.1, -0.05) is 12.1 Å². The molecule has 94 valence electrons. The Morgan fingerprint density at radius 3 is 2.79 bits per heavy atom. The predicted molar refractivity (Wildman–Crippen MR) is 73.0 cm³/mol. The molecule has 0 atom stereocenters. The minimum atomic E-state index is 0.449. The first kappa shape index (κ1) is 11.4. The minimum absolute atomic E-state index is 0.449. The van der Waals surface area contributed by atoms with Crippen LogP contribution in [0.4, 0.5) is 5.69 Å². The highest BCUT2D eigenvalue weighted by atomic mass is 16.5. The molecule has 0 fully saturated rings. The van der Waals surface area contributed by atoms with Crippen LogP contribution < -0.4 is 10.5 Å². The zero-order valence-corrected chi connectivity index (χ0v) is 10.4. The van der Waals surface area contributed by atoms with Crippen LogP contribution in [0.2, 0.25) is 0 Å². The molecule has 0 spiro atoms. The zero-order chi connectivity index (χ0) is 13.2. The van der Waals surface area contributed by atoms with E-state index in [1.165, 1.54) is 0 Å². The molecule has 2 aromatic heterocycles. The quantitative estimate of drug-likeness (QED) is 0.710. The number of benzene rings is 1. The number of nitrogen functional groups attached to an aromatic ring is 1. The van der Waals surface area contributed by atoms with Crippen LogP contribution in [0.1, 0.15) is 5.56 Å². The Labute approximate surface area is 110 Å². The summed E-state index contributed by atoms with van der Waals surface area (Å²) in [6, 6.07) is 9.20. The van der Waals surface area contributed by atoms with E-state index in [1.54, 1.807) is 18.5 Å². The zero-order valence-electron chi connectivity index (χ0n) is 10.4. The van der Waals surface area contributed by atoms with Crippen molar-refractivity contribution in [3.63, 3.8) is 0 Å². The van der Waals surface area contributed by atoms with Gasteiger partial charge in [-0.15, -0.1) is 0 Å². The summed E-state index contributed by atoms with van der Waals surface area (Å²) in [6.45, 7) is 1.93. The van der Waals surface area contributed by atoms with Gasteiger partial charge >= 0.3 is 0 Å². The van der Waals surface area contributed by atoms with Crippen molar-refractivity contribution in [1.82, 2.24) is 15.0 Å². The predicted octanol–water partition coefficient (Wildman–Crippen LogP) is 2.71. The van der Waals surface area contributed by atoms with E-state index in [-0.39, 0.29) is 0 Å². The Morgan fingerprint density at radius 2 is 1.89 bits per heavy atom. The molecule has 0 aliphatic carbocycles. The third-order valence-corrected chi connectivity index (χ3v) is 2.80. The van der Waals surface area contributed by atoms with Crippen molar-refractivity contribution in [2.75, 3.05) is 5.73 Å². The maximum atomic E-state index is 5.96. The average Bonchev–Trinajstić information content (AvgIpc) is 2.44. The van der Waals surface area contributed by atoms with Gasteiger partial charge < -0.3 is 10.5 Å². The lowest BCUT2D eigenvalue weighted by atomic mass is 10.2. The van der Waals surface area contributed by atoms with Crippen LogP contribution in [0.5, 0.6) is 11.6 Å². The largest absolute Gasteiger partial charge is 0.437 e. The first-order valence-corrected chi connectivity index (χ1v) is 5.85. The highest BCUT2D eigenvalue weighted by Crippen LogP contribution is 2.28. The Kier molecular flexibility index (Phi) is 2.72. The van der Waals surface area contributed by atoms with Crippen LogP contribution in [0.25, 0.3) is 11.2 Å². The second-order valence-electron chi connectivity index (χ2n) is 4.14. The van der Waals surface area contributed by atoms with E-state index in [9.17, 15) is 0 Å². The Balaban J connectivity index is 1.99. The monoisotopic (exact) mass is 252 g/mol. The van der Waals surface area contributed by atoms with Crippen LogP contribution in [-0.4, -0.2) is 15.0 Å². The molecule has 0 unspecified atom stereocenters. The van der Waals surface area contributed by atoms with Crippen molar-refractivity contribution in [3.05, 3.63) is 48.3 Å². The Morgan fingerprint density at radius 1 is 1.05 bits per heavy atom. The number of fused-ring (bicyclic) bond motifs is 1. The molecule has 0 saturated heterocycles. The lowest BCUT2D eigenvalue weighted by molar-refractivity contribution is 0.466. The van der Waals surface area contributed by atoms with E-state index in [2.05, 4.69) is 15.0 Å². The molecule has 2 N–H and O–H groups in total.